The Morgan fingerprint density at radius 1 is 0.818 bits per heavy atom. The van der Waals surface area contributed by atoms with Crippen LogP contribution in [0.15, 0.2) is 53.4 Å². The Hall–Kier alpha value is -2.68. The molecule has 0 spiro atoms. The molecule has 0 unspecified atom stereocenters. The van der Waals surface area contributed by atoms with Crippen molar-refractivity contribution < 1.29 is 30.0 Å². The standard InChI is InChI=1S/C19H26N4O7S3/c1-21(2)33(29,30)18-11-9-16(10-12-18)23(32(5,27)28)14-19(24)20-15-7-6-8-17(13-15)22(3)31(4,25)26/h6-13H,14H2,1-5H3,(H,20,24). The summed E-state index contributed by atoms with van der Waals surface area (Å²) in [6.07, 6.45) is 1.96. The van der Waals surface area contributed by atoms with Crippen molar-refractivity contribution in [3.8, 4) is 0 Å². The lowest BCUT2D eigenvalue weighted by Crippen LogP contribution is -2.37. The molecule has 0 heterocycles. The smallest absolute Gasteiger partial charge is 0.245 e. The summed E-state index contributed by atoms with van der Waals surface area (Å²) >= 11 is 0. The number of amides is 1. The Kier molecular flexibility index (Phi) is 7.78. The maximum Gasteiger partial charge on any atom is 0.245 e. The summed E-state index contributed by atoms with van der Waals surface area (Å²) in [7, 11) is -6.98. The Labute approximate surface area is 194 Å². The minimum atomic E-state index is -3.89. The number of anilines is 3. The van der Waals surface area contributed by atoms with Crippen LogP contribution in [0.25, 0.3) is 0 Å². The van der Waals surface area contributed by atoms with Gasteiger partial charge in [-0.1, -0.05) is 6.07 Å². The van der Waals surface area contributed by atoms with Gasteiger partial charge in [0.2, 0.25) is 36.0 Å². The third-order valence-corrected chi connectivity index (χ3v) is 8.76. The predicted molar refractivity (Wildman–Crippen MR) is 128 cm³/mol. The molecule has 0 saturated heterocycles. The first-order valence-corrected chi connectivity index (χ1v) is 14.5. The molecule has 0 aromatic heterocycles. The molecule has 0 aliphatic rings. The van der Waals surface area contributed by atoms with E-state index in [-0.39, 0.29) is 16.3 Å². The van der Waals surface area contributed by atoms with Gasteiger partial charge >= 0.3 is 0 Å². The van der Waals surface area contributed by atoms with Gasteiger partial charge < -0.3 is 5.32 Å². The Morgan fingerprint density at radius 2 is 1.39 bits per heavy atom. The molecular formula is C19H26N4O7S3. The van der Waals surface area contributed by atoms with Gasteiger partial charge in [-0.3, -0.25) is 13.4 Å². The molecule has 0 aliphatic heterocycles. The van der Waals surface area contributed by atoms with Crippen LogP contribution < -0.4 is 13.9 Å². The van der Waals surface area contributed by atoms with Crippen LogP contribution in [0.5, 0.6) is 0 Å². The first kappa shape index (κ1) is 26.6. The number of carbonyl (C=O) groups is 1. The van der Waals surface area contributed by atoms with E-state index in [0.29, 0.717) is 5.69 Å². The zero-order valence-corrected chi connectivity index (χ0v) is 21.2. The minimum absolute atomic E-state index is 0.0269. The van der Waals surface area contributed by atoms with E-state index in [1.165, 1.54) is 57.5 Å². The van der Waals surface area contributed by atoms with Gasteiger partial charge in [0.15, 0.2) is 0 Å². The fourth-order valence-electron chi connectivity index (χ4n) is 2.70. The van der Waals surface area contributed by atoms with Crippen molar-refractivity contribution in [3.05, 3.63) is 48.5 Å². The van der Waals surface area contributed by atoms with Gasteiger partial charge in [0.1, 0.15) is 6.54 Å². The average molecular weight is 519 g/mol. The van der Waals surface area contributed by atoms with Gasteiger partial charge in [0.05, 0.1) is 28.8 Å². The first-order chi connectivity index (χ1) is 15.0. The first-order valence-electron chi connectivity index (χ1n) is 9.37. The summed E-state index contributed by atoms with van der Waals surface area (Å²) < 4.78 is 75.4. The quantitative estimate of drug-likeness (QED) is 0.516. The summed E-state index contributed by atoms with van der Waals surface area (Å²) in [5, 5.41) is 2.54. The third kappa shape index (κ3) is 6.66. The van der Waals surface area contributed by atoms with Crippen LogP contribution in [0.1, 0.15) is 0 Å². The highest BCUT2D eigenvalue weighted by Gasteiger charge is 2.23. The summed E-state index contributed by atoms with van der Waals surface area (Å²) in [6, 6.07) is 11.2. The van der Waals surface area contributed by atoms with Crippen LogP contribution in [0, 0.1) is 0 Å². The summed E-state index contributed by atoms with van der Waals surface area (Å²) in [6.45, 7) is -0.579. The van der Waals surface area contributed by atoms with Gasteiger partial charge in [-0.15, -0.1) is 0 Å². The lowest BCUT2D eigenvalue weighted by atomic mass is 10.2. The second kappa shape index (κ2) is 9.67. The SMILES string of the molecule is CN(c1cccc(NC(=O)CN(c2ccc(S(=O)(=O)N(C)C)cc2)S(C)(=O)=O)c1)S(C)(=O)=O. The van der Waals surface area contributed by atoms with Crippen molar-refractivity contribution in [1.29, 1.82) is 0 Å². The van der Waals surface area contributed by atoms with E-state index < -0.39 is 42.5 Å². The largest absolute Gasteiger partial charge is 0.324 e. The summed E-state index contributed by atoms with van der Waals surface area (Å²) in [4.78, 5) is 12.6. The number of carbonyl (C=O) groups excluding carboxylic acids is 1. The minimum Gasteiger partial charge on any atom is -0.324 e. The fourth-order valence-corrected chi connectivity index (χ4v) is 4.95. The number of hydrogen-bond donors (Lipinski definition) is 1. The van der Waals surface area contributed by atoms with Crippen LogP contribution in [0.3, 0.4) is 0 Å². The van der Waals surface area contributed by atoms with Crippen LogP contribution in [0.2, 0.25) is 0 Å². The fraction of sp³-hybridized carbons (Fsp3) is 0.316. The van der Waals surface area contributed by atoms with E-state index in [1.807, 2.05) is 0 Å². The molecule has 14 heteroatoms. The maximum atomic E-state index is 12.6. The molecule has 0 aliphatic carbocycles. The molecule has 0 radical (unpaired) electrons. The van der Waals surface area contributed by atoms with Gasteiger partial charge in [-0.2, -0.15) is 0 Å². The van der Waals surface area contributed by atoms with Crippen molar-refractivity contribution in [3.63, 3.8) is 0 Å². The number of nitrogens with zero attached hydrogens (tertiary/aromatic N) is 3. The number of rotatable bonds is 9. The molecule has 2 aromatic rings. The maximum absolute atomic E-state index is 12.6. The Balaban J connectivity index is 2.27. The van der Waals surface area contributed by atoms with E-state index in [9.17, 15) is 30.0 Å². The van der Waals surface area contributed by atoms with Crippen LogP contribution in [-0.2, 0) is 34.9 Å². The molecule has 2 rings (SSSR count). The molecule has 0 bridgehead atoms. The number of sulfonamides is 3. The van der Waals surface area contributed by atoms with Crippen molar-refractivity contribution in [2.45, 2.75) is 4.90 Å². The van der Waals surface area contributed by atoms with Gasteiger partial charge in [-0.05, 0) is 42.5 Å². The molecular weight excluding hydrogens is 492 g/mol. The van der Waals surface area contributed by atoms with Crippen LogP contribution in [-0.4, -0.2) is 75.7 Å². The van der Waals surface area contributed by atoms with Gasteiger partial charge in [0, 0.05) is 26.8 Å². The molecule has 33 heavy (non-hydrogen) atoms. The summed E-state index contributed by atoms with van der Waals surface area (Å²) in [5.41, 5.74) is 0.692. The van der Waals surface area contributed by atoms with E-state index >= 15 is 0 Å². The molecule has 0 saturated carbocycles. The Morgan fingerprint density at radius 3 is 1.88 bits per heavy atom. The molecule has 11 nitrogen and oxygen atoms in total. The van der Waals surface area contributed by atoms with E-state index in [4.69, 9.17) is 0 Å². The zero-order chi connectivity index (χ0) is 25.2. The lowest BCUT2D eigenvalue weighted by molar-refractivity contribution is -0.114. The number of benzene rings is 2. The molecule has 2 aromatic carbocycles. The van der Waals surface area contributed by atoms with Crippen LogP contribution in [0.4, 0.5) is 17.1 Å². The van der Waals surface area contributed by atoms with E-state index in [2.05, 4.69) is 5.32 Å². The topological polar surface area (TPSA) is 141 Å². The zero-order valence-electron chi connectivity index (χ0n) is 18.8. The summed E-state index contributed by atoms with van der Waals surface area (Å²) in [5.74, 6) is -0.676. The Bertz CT molecular complexity index is 1340. The lowest BCUT2D eigenvalue weighted by Gasteiger charge is -2.22. The third-order valence-electron chi connectivity index (χ3n) is 4.58. The number of hydrogen-bond acceptors (Lipinski definition) is 7. The monoisotopic (exact) mass is 518 g/mol. The highest BCUT2D eigenvalue weighted by atomic mass is 32.2. The molecule has 0 atom stereocenters. The van der Waals surface area contributed by atoms with E-state index in [1.54, 1.807) is 12.1 Å². The molecule has 0 fully saturated rings. The number of nitrogens with one attached hydrogen (secondary N) is 1. The highest BCUT2D eigenvalue weighted by molar-refractivity contribution is 7.92. The van der Waals surface area contributed by atoms with Crippen molar-refractivity contribution in [1.82, 2.24) is 4.31 Å². The van der Waals surface area contributed by atoms with Crippen molar-refractivity contribution >= 4 is 53.0 Å². The second-order valence-corrected chi connectivity index (χ2v) is 13.5. The average Bonchev–Trinajstić information content (AvgIpc) is 2.70. The van der Waals surface area contributed by atoms with E-state index in [0.717, 1.165) is 25.4 Å². The van der Waals surface area contributed by atoms with Gasteiger partial charge in [0.25, 0.3) is 0 Å². The highest BCUT2D eigenvalue weighted by Crippen LogP contribution is 2.23. The molecule has 1 amide bonds. The predicted octanol–water partition coefficient (Wildman–Crippen LogP) is 0.737. The van der Waals surface area contributed by atoms with Crippen LogP contribution >= 0.6 is 0 Å². The molecule has 182 valence electrons. The van der Waals surface area contributed by atoms with Crippen molar-refractivity contribution in [2.75, 3.05) is 54.1 Å². The second-order valence-electron chi connectivity index (χ2n) is 7.38. The van der Waals surface area contributed by atoms with Crippen molar-refractivity contribution in [2.24, 2.45) is 0 Å². The molecule has 1 N–H and O–H groups in total. The van der Waals surface area contributed by atoms with Gasteiger partial charge in [-0.25, -0.2) is 29.6 Å². The normalized spacial score (nSPS) is 12.4.